The van der Waals surface area contributed by atoms with E-state index in [-0.39, 0.29) is 12.4 Å². The smallest absolute Gasteiger partial charge is 0.344 e. The van der Waals surface area contributed by atoms with E-state index < -0.39 is 11.9 Å². The van der Waals surface area contributed by atoms with Gasteiger partial charge >= 0.3 is 5.97 Å². The van der Waals surface area contributed by atoms with Crippen molar-refractivity contribution in [3.8, 4) is 5.75 Å². The Hall–Kier alpha value is -2.45. The Labute approximate surface area is 158 Å². The number of hydrogen-bond donors (Lipinski definition) is 1. The Morgan fingerprint density at radius 1 is 1.35 bits per heavy atom. The highest BCUT2D eigenvalue weighted by atomic mass is 32.2. The molecule has 2 aromatic rings. The van der Waals surface area contributed by atoms with Crippen LogP contribution in [0.3, 0.4) is 0 Å². The molecule has 1 aliphatic heterocycles. The van der Waals surface area contributed by atoms with Crippen molar-refractivity contribution in [1.29, 1.82) is 5.41 Å². The van der Waals surface area contributed by atoms with Gasteiger partial charge in [-0.3, -0.25) is 10.2 Å². The molecule has 0 saturated carbocycles. The van der Waals surface area contributed by atoms with Crippen molar-refractivity contribution in [2.75, 3.05) is 13.2 Å². The van der Waals surface area contributed by atoms with Crippen LogP contribution in [-0.2, 0) is 14.3 Å². The second-order valence-corrected chi connectivity index (χ2v) is 7.32. The van der Waals surface area contributed by atoms with Crippen molar-refractivity contribution in [3.05, 3.63) is 51.3 Å². The number of rotatable bonds is 6. The van der Waals surface area contributed by atoms with Gasteiger partial charge in [0.25, 0.3) is 0 Å². The number of ether oxygens (including phenoxy) is 2. The molecule has 2 heterocycles. The van der Waals surface area contributed by atoms with E-state index in [4.69, 9.17) is 14.9 Å². The Balaban J connectivity index is 1.67. The standard InChI is InChI=1S/C18H16N2O4S2/c1-2-23-14(21)10-24-12-5-3-11(4-6-12)9-13-16(22)15(17(19)26-13)18-20-7-8-25-18/h3-9,15,19H,2,10H2,1H3/b13-9-,19-17?/t15-/m0/s1. The molecule has 0 spiro atoms. The summed E-state index contributed by atoms with van der Waals surface area (Å²) in [6.07, 6.45) is 3.40. The third kappa shape index (κ3) is 4.20. The minimum Gasteiger partial charge on any atom is -0.482 e. The summed E-state index contributed by atoms with van der Waals surface area (Å²) in [5.74, 6) is -0.562. The topological polar surface area (TPSA) is 89.3 Å². The zero-order chi connectivity index (χ0) is 18.5. The lowest BCUT2D eigenvalue weighted by atomic mass is 10.1. The van der Waals surface area contributed by atoms with Crippen LogP contribution in [0.25, 0.3) is 6.08 Å². The summed E-state index contributed by atoms with van der Waals surface area (Å²) in [7, 11) is 0. The van der Waals surface area contributed by atoms with Gasteiger partial charge in [0.05, 0.1) is 16.6 Å². The Bertz CT molecular complexity index is 845. The monoisotopic (exact) mass is 388 g/mol. The SMILES string of the molecule is CCOC(=O)COc1ccc(/C=C2\SC(=N)[C@@H](c3nccs3)C2=O)cc1. The molecule has 3 rings (SSSR count). The molecule has 1 atom stereocenters. The van der Waals surface area contributed by atoms with Gasteiger partial charge in [-0.15, -0.1) is 11.3 Å². The Morgan fingerprint density at radius 2 is 2.12 bits per heavy atom. The molecular weight excluding hydrogens is 372 g/mol. The van der Waals surface area contributed by atoms with Gasteiger partial charge in [0.2, 0.25) is 0 Å². The summed E-state index contributed by atoms with van der Waals surface area (Å²) in [4.78, 5) is 28.6. The van der Waals surface area contributed by atoms with Crippen LogP contribution in [-0.4, -0.2) is 35.0 Å². The number of allylic oxidation sites excluding steroid dienone is 1. The third-order valence-corrected chi connectivity index (χ3v) is 5.36. The Kier molecular flexibility index (Phi) is 5.85. The van der Waals surface area contributed by atoms with Crippen LogP contribution >= 0.6 is 23.1 Å². The minimum absolute atomic E-state index is 0.0995. The largest absolute Gasteiger partial charge is 0.482 e. The Morgan fingerprint density at radius 3 is 2.77 bits per heavy atom. The number of benzene rings is 1. The second-order valence-electron chi connectivity index (χ2n) is 5.31. The maximum absolute atomic E-state index is 12.6. The number of nitrogens with one attached hydrogen (secondary N) is 1. The van der Waals surface area contributed by atoms with Crippen LogP contribution in [0.2, 0.25) is 0 Å². The molecule has 1 fully saturated rings. The lowest BCUT2D eigenvalue weighted by Gasteiger charge is -2.06. The molecule has 1 aliphatic rings. The molecule has 1 N–H and O–H groups in total. The minimum atomic E-state index is -0.585. The normalized spacial score (nSPS) is 18.3. The quantitative estimate of drug-likeness (QED) is 0.602. The molecule has 1 saturated heterocycles. The summed E-state index contributed by atoms with van der Waals surface area (Å²) in [6, 6.07) is 7.03. The van der Waals surface area contributed by atoms with Gasteiger partial charge in [-0.25, -0.2) is 9.78 Å². The van der Waals surface area contributed by atoms with Crippen molar-refractivity contribution in [1.82, 2.24) is 4.98 Å². The lowest BCUT2D eigenvalue weighted by molar-refractivity contribution is -0.145. The maximum atomic E-state index is 12.6. The first-order valence-electron chi connectivity index (χ1n) is 7.88. The van der Waals surface area contributed by atoms with Gasteiger partial charge in [-0.1, -0.05) is 23.9 Å². The fourth-order valence-corrected chi connectivity index (χ4v) is 4.15. The van der Waals surface area contributed by atoms with E-state index in [2.05, 4.69) is 4.98 Å². The van der Waals surface area contributed by atoms with E-state index >= 15 is 0 Å². The fourth-order valence-electron chi connectivity index (χ4n) is 2.35. The van der Waals surface area contributed by atoms with Crippen molar-refractivity contribution in [2.45, 2.75) is 12.8 Å². The van der Waals surface area contributed by atoms with Crippen molar-refractivity contribution in [2.24, 2.45) is 0 Å². The molecule has 0 radical (unpaired) electrons. The van der Waals surface area contributed by atoms with E-state index in [9.17, 15) is 9.59 Å². The molecular formula is C18H16N2O4S2. The van der Waals surface area contributed by atoms with E-state index in [0.717, 1.165) is 5.56 Å². The van der Waals surface area contributed by atoms with Crippen LogP contribution < -0.4 is 4.74 Å². The van der Waals surface area contributed by atoms with Crippen LogP contribution in [0, 0.1) is 5.41 Å². The highest BCUT2D eigenvalue weighted by molar-refractivity contribution is 8.19. The molecule has 26 heavy (non-hydrogen) atoms. The number of thiazole rings is 1. The van der Waals surface area contributed by atoms with Crippen molar-refractivity contribution >= 4 is 46.0 Å². The lowest BCUT2D eigenvalue weighted by Crippen LogP contribution is -2.14. The third-order valence-electron chi connectivity index (χ3n) is 3.53. The number of ketones is 1. The second kappa shape index (κ2) is 8.29. The van der Waals surface area contributed by atoms with Crippen LogP contribution in [0.4, 0.5) is 0 Å². The molecule has 0 unspecified atom stereocenters. The zero-order valence-electron chi connectivity index (χ0n) is 13.9. The number of aromatic nitrogens is 1. The van der Waals surface area contributed by atoms with Gasteiger partial charge in [0.15, 0.2) is 12.4 Å². The zero-order valence-corrected chi connectivity index (χ0v) is 15.6. The number of carbonyl (C=O) groups is 2. The average Bonchev–Trinajstić information content (AvgIpc) is 3.23. The molecule has 1 aromatic carbocycles. The molecule has 0 aliphatic carbocycles. The van der Waals surface area contributed by atoms with Gasteiger partial charge in [0, 0.05) is 11.6 Å². The van der Waals surface area contributed by atoms with E-state index in [0.29, 0.717) is 27.3 Å². The van der Waals surface area contributed by atoms with Gasteiger partial charge in [0.1, 0.15) is 16.7 Å². The molecule has 0 bridgehead atoms. The van der Waals surface area contributed by atoms with Crippen molar-refractivity contribution < 1.29 is 19.1 Å². The van der Waals surface area contributed by atoms with E-state index in [1.54, 1.807) is 48.8 Å². The van der Waals surface area contributed by atoms with Gasteiger partial charge in [-0.2, -0.15) is 0 Å². The molecule has 6 nitrogen and oxygen atoms in total. The first-order valence-corrected chi connectivity index (χ1v) is 9.58. The number of carbonyl (C=O) groups excluding carboxylic acids is 2. The van der Waals surface area contributed by atoms with Gasteiger partial charge < -0.3 is 9.47 Å². The fraction of sp³-hybridized carbons (Fsp3) is 0.222. The number of esters is 1. The molecule has 8 heteroatoms. The summed E-state index contributed by atoms with van der Waals surface area (Å²) in [6.45, 7) is 1.91. The van der Waals surface area contributed by atoms with E-state index in [1.165, 1.54) is 23.1 Å². The predicted octanol–water partition coefficient (Wildman–Crippen LogP) is 3.50. The highest BCUT2D eigenvalue weighted by Gasteiger charge is 2.38. The first-order chi connectivity index (χ1) is 12.6. The van der Waals surface area contributed by atoms with Crippen LogP contribution in [0.15, 0.2) is 40.7 Å². The molecule has 1 aromatic heterocycles. The maximum Gasteiger partial charge on any atom is 0.344 e. The van der Waals surface area contributed by atoms with Gasteiger partial charge in [-0.05, 0) is 30.7 Å². The van der Waals surface area contributed by atoms with Crippen LogP contribution in [0.1, 0.15) is 23.4 Å². The average molecular weight is 388 g/mol. The molecule has 134 valence electrons. The summed E-state index contributed by atoms with van der Waals surface area (Å²) < 4.78 is 10.1. The summed E-state index contributed by atoms with van der Waals surface area (Å²) >= 11 is 2.55. The predicted molar refractivity (Wildman–Crippen MR) is 102 cm³/mol. The highest BCUT2D eigenvalue weighted by Crippen LogP contribution is 2.41. The first kappa shape index (κ1) is 18.3. The number of nitrogens with zero attached hydrogens (tertiary/aromatic N) is 1. The number of thioether (sulfide) groups is 1. The number of hydrogen-bond acceptors (Lipinski definition) is 8. The summed E-state index contributed by atoms with van der Waals surface area (Å²) in [5.41, 5.74) is 0.817. The number of Topliss-reactive ketones (excluding diaryl/α,β-unsaturated/α-hetero) is 1. The van der Waals surface area contributed by atoms with E-state index in [1.807, 2.05) is 0 Å². The van der Waals surface area contributed by atoms with Crippen LogP contribution in [0.5, 0.6) is 5.75 Å². The summed E-state index contributed by atoms with van der Waals surface area (Å²) in [5, 5.41) is 10.8. The molecule has 0 amide bonds. The van der Waals surface area contributed by atoms with Crippen molar-refractivity contribution in [3.63, 3.8) is 0 Å².